The molecule has 0 spiro atoms. The van der Waals surface area contributed by atoms with Crippen molar-refractivity contribution in [2.45, 2.75) is 30.8 Å². The number of methoxy groups -OCH3 is 1. The van der Waals surface area contributed by atoms with Crippen LogP contribution in [-0.4, -0.2) is 56.2 Å². The lowest BCUT2D eigenvalue weighted by Gasteiger charge is -2.22. The van der Waals surface area contributed by atoms with Gasteiger partial charge in [0.2, 0.25) is 0 Å². The van der Waals surface area contributed by atoms with E-state index in [9.17, 15) is 14.4 Å². The Hall–Kier alpha value is -2.09. The standard InChI is InChI=1S/C13H14O8/c1-5(4-18-13(16)17-2)11(14)20-9-7-3-6-8(19-7)10(9)21-12(6)15/h6-10H,1,3-4H2,2H3. The Bertz CT molecular complexity index is 512. The molecule has 0 N–H and O–H groups in total. The molecule has 3 fully saturated rings. The second-order valence-corrected chi connectivity index (χ2v) is 5.10. The summed E-state index contributed by atoms with van der Waals surface area (Å²) in [5.41, 5.74) is -0.0379. The highest BCUT2D eigenvalue weighted by Crippen LogP contribution is 2.47. The molecule has 21 heavy (non-hydrogen) atoms. The maximum atomic E-state index is 11.9. The Balaban J connectivity index is 1.55. The van der Waals surface area contributed by atoms with E-state index in [-0.39, 0.29) is 36.3 Å². The van der Waals surface area contributed by atoms with Gasteiger partial charge in [0.1, 0.15) is 12.7 Å². The van der Waals surface area contributed by atoms with Gasteiger partial charge in [0, 0.05) is 0 Å². The maximum Gasteiger partial charge on any atom is 0.508 e. The van der Waals surface area contributed by atoms with Gasteiger partial charge in [-0.05, 0) is 6.42 Å². The van der Waals surface area contributed by atoms with E-state index in [0.717, 1.165) is 7.11 Å². The number of carbonyl (C=O) groups excluding carboxylic acids is 3. The highest BCUT2D eigenvalue weighted by Gasteiger charge is 2.65. The molecule has 2 bridgehead atoms. The molecule has 5 unspecified atom stereocenters. The molecule has 3 rings (SSSR count). The summed E-state index contributed by atoms with van der Waals surface area (Å²) >= 11 is 0. The van der Waals surface area contributed by atoms with E-state index in [1.807, 2.05) is 0 Å². The van der Waals surface area contributed by atoms with Crippen molar-refractivity contribution < 1.29 is 38.1 Å². The van der Waals surface area contributed by atoms with E-state index in [0.29, 0.717) is 6.42 Å². The smallest absolute Gasteiger partial charge is 0.455 e. The fourth-order valence-corrected chi connectivity index (χ4v) is 2.85. The molecule has 3 saturated heterocycles. The molecule has 0 aliphatic carbocycles. The van der Waals surface area contributed by atoms with Crippen molar-refractivity contribution in [2.75, 3.05) is 13.7 Å². The molecule has 3 aliphatic rings. The molecule has 0 aromatic heterocycles. The van der Waals surface area contributed by atoms with Gasteiger partial charge in [0.15, 0.2) is 12.2 Å². The Labute approximate surface area is 119 Å². The normalized spacial score (nSPS) is 35.3. The predicted molar refractivity (Wildman–Crippen MR) is 64.0 cm³/mol. The second-order valence-electron chi connectivity index (χ2n) is 5.10. The molecule has 3 heterocycles. The van der Waals surface area contributed by atoms with E-state index in [4.69, 9.17) is 14.2 Å². The van der Waals surface area contributed by atoms with Gasteiger partial charge in [0.25, 0.3) is 0 Å². The third-order valence-electron chi connectivity index (χ3n) is 3.85. The number of rotatable bonds is 4. The second kappa shape index (κ2) is 5.03. The van der Waals surface area contributed by atoms with Crippen molar-refractivity contribution in [3.63, 3.8) is 0 Å². The van der Waals surface area contributed by atoms with Crippen LogP contribution in [-0.2, 0) is 33.3 Å². The zero-order valence-corrected chi connectivity index (χ0v) is 11.3. The Morgan fingerprint density at radius 3 is 2.86 bits per heavy atom. The van der Waals surface area contributed by atoms with Gasteiger partial charge in [0.05, 0.1) is 24.7 Å². The van der Waals surface area contributed by atoms with Crippen molar-refractivity contribution in [1.29, 1.82) is 0 Å². The van der Waals surface area contributed by atoms with E-state index >= 15 is 0 Å². The first-order valence-corrected chi connectivity index (χ1v) is 6.46. The van der Waals surface area contributed by atoms with Gasteiger partial charge in [-0.1, -0.05) is 6.58 Å². The average molecular weight is 298 g/mol. The number of carbonyl (C=O) groups is 3. The maximum absolute atomic E-state index is 11.9. The van der Waals surface area contributed by atoms with Crippen molar-refractivity contribution in [2.24, 2.45) is 5.92 Å². The van der Waals surface area contributed by atoms with Crippen LogP contribution in [0.5, 0.6) is 0 Å². The minimum Gasteiger partial charge on any atom is -0.455 e. The number of esters is 2. The summed E-state index contributed by atoms with van der Waals surface area (Å²) in [5.74, 6) is -1.28. The largest absolute Gasteiger partial charge is 0.508 e. The Kier molecular flexibility index (Phi) is 3.32. The number of ether oxygens (including phenoxy) is 5. The first kappa shape index (κ1) is 13.9. The molecule has 0 radical (unpaired) electrons. The topological polar surface area (TPSA) is 97.4 Å². The van der Waals surface area contributed by atoms with E-state index < -0.39 is 24.3 Å². The highest BCUT2D eigenvalue weighted by atomic mass is 16.7. The lowest BCUT2D eigenvalue weighted by molar-refractivity contribution is -0.157. The summed E-state index contributed by atoms with van der Waals surface area (Å²) in [6.45, 7) is 3.15. The van der Waals surface area contributed by atoms with Crippen LogP contribution in [0.25, 0.3) is 0 Å². The number of hydrogen-bond acceptors (Lipinski definition) is 8. The fourth-order valence-electron chi connectivity index (χ4n) is 2.85. The van der Waals surface area contributed by atoms with Gasteiger partial charge in [-0.2, -0.15) is 0 Å². The summed E-state index contributed by atoms with van der Waals surface area (Å²) in [7, 11) is 1.15. The highest BCUT2D eigenvalue weighted by molar-refractivity contribution is 5.88. The fraction of sp³-hybridized carbons (Fsp3) is 0.615. The molecule has 3 aliphatic heterocycles. The van der Waals surface area contributed by atoms with E-state index in [1.165, 1.54) is 0 Å². The zero-order valence-electron chi connectivity index (χ0n) is 11.3. The van der Waals surface area contributed by atoms with Gasteiger partial charge < -0.3 is 23.7 Å². The van der Waals surface area contributed by atoms with Crippen LogP contribution < -0.4 is 0 Å². The van der Waals surface area contributed by atoms with Crippen LogP contribution >= 0.6 is 0 Å². The SMILES string of the molecule is C=C(COC(=O)OC)C(=O)OC1C2CC3C(=O)OC1C3O2. The van der Waals surface area contributed by atoms with Crippen LogP contribution in [0.15, 0.2) is 12.2 Å². The predicted octanol–water partition coefficient (Wildman–Crippen LogP) is -0.0499. The Morgan fingerprint density at radius 2 is 2.14 bits per heavy atom. The number of hydrogen-bond donors (Lipinski definition) is 0. The summed E-state index contributed by atoms with van der Waals surface area (Å²) in [6.07, 6.45) is -2.29. The van der Waals surface area contributed by atoms with Crippen LogP contribution in [0, 0.1) is 5.92 Å². The average Bonchev–Trinajstić information content (AvgIpc) is 3.08. The minimum atomic E-state index is -0.917. The molecule has 0 saturated carbocycles. The van der Waals surface area contributed by atoms with Gasteiger partial charge in [-0.25, -0.2) is 9.59 Å². The quantitative estimate of drug-likeness (QED) is 0.405. The molecule has 0 aromatic carbocycles. The van der Waals surface area contributed by atoms with E-state index in [2.05, 4.69) is 16.1 Å². The zero-order chi connectivity index (χ0) is 15.1. The Morgan fingerprint density at radius 1 is 1.38 bits per heavy atom. The van der Waals surface area contributed by atoms with Crippen LogP contribution in [0.1, 0.15) is 6.42 Å². The molecular weight excluding hydrogens is 284 g/mol. The van der Waals surface area contributed by atoms with Crippen molar-refractivity contribution in [1.82, 2.24) is 0 Å². The van der Waals surface area contributed by atoms with Crippen molar-refractivity contribution >= 4 is 18.1 Å². The first-order valence-electron chi connectivity index (χ1n) is 6.46. The van der Waals surface area contributed by atoms with Gasteiger partial charge in [-0.15, -0.1) is 0 Å². The summed E-state index contributed by atoms with van der Waals surface area (Å²) < 4.78 is 24.9. The molecule has 0 amide bonds. The van der Waals surface area contributed by atoms with Crippen molar-refractivity contribution in [3.05, 3.63) is 12.2 Å². The molecule has 5 atom stereocenters. The van der Waals surface area contributed by atoms with E-state index in [1.54, 1.807) is 0 Å². The lowest BCUT2D eigenvalue weighted by atomic mass is 9.88. The monoisotopic (exact) mass is 298 g/mol. The molecule has 8 heteroatoms. The minimum absolute atomic E-state index is 0.0379. The van der Waals surface area contributed by atoms with Gasteiger partial charge >= 0.3 is 18.1 Å². The molecular formula is C13H14O8. The molecule has 0 aromatic rings. The molecule has 8 nitrogen and oxygen atoms in total. The molecule has 114 valence electrons. The first-order chi connectivity index (χ1) is 10.0. The van der Waals surface area contributed by atoms with Crippen molar-refractivity contribution in [3.8, 4) is 0 Å². The third kappa shape index (κ3) is 2.25. The summed E-state index contributed by atoms with van der Waals surface area (Å²) in [4.78, 5) is 34.2. The third-order valence-corrected chi connectivity index (χ3v) is 3.85. The summed E-state index contributed by atoms with van der Waals surface area (Å²) in [5, 5.41) is 0. The lowest BCUT2D eigenvalue weighted by Crippen LogP contribution is -2.40. The van der Waals surface area contributed by atoms with Crippen LogP contribution in [0.2, 0.25) is 0 Å². The van der Waals surface area contributed by atoms with Gasteiger partial charge in [-0.3, -0.25) is 4.79 Å². The number of fused-ring (bicyclic) bond motifs is 1. The van der Waals surface area contributed by atoms with Crippen LogP contribution in [0.3, 0.4) is 0 Å². The van der Waals surface area contributed by atoms with Crippen LogP contribution in [0.4, 0.5) is 4.79 Å². The summed E-state index contributed by atoms with van der Waals surface area (Å²) in [6, 6.07) is 0.